The summed E-state index contributed by atoms with van der Waals surface area (Å²) in [4.78, 5) is 30.2. The zero-order valence-corrected chi connectivity index (χ0v) is 16.3. The van der Waals surface area contributed by atoms with E-state index in [0.717, 1.165) is 16.5 Å². The van der Waals surface area contributed by atoms with Gasteiger partial charge >= 0.3 is 0 Å². The molecule has 0 bridgehead atoms. The molecule has 0 amide bonds. The summed E-state index contributed by atoms with van der Waals surface area (Å²) >= 11 is 0. The highest BCUT2D eigenvalue weighted by Crippen LogP contribution is 2.17. The van der Waals surface area contributed by atoms with Crippen molar-refractivity contribution < 1.29 is 9.53 Å². The molecule has 4 rings (SSSR count). The standard InChI is InChI=1S/C23H19BN2O3/c1-29-21-10-9-16(12-25-21)22(27)19-14-26(13-15-5-4-6-17(24)11-15)20-8-3-2-7-18(20)23(19)28/h2-12,14H,13,24H2,1H3. The fourth-order valence-electron chi connectivity index (χ4n) is 3.44. The molecular formula is C23H19BN2O3. The Hall–Kier alpha value is -3.67. The molecule has 0 saturated carbocycles. The Labute approximate surface area is 169 Å². The van der Waals surface area contributed by atoms with Crippen LogP contribution in [0, 0.1) is 0 Å². The third kappa shape index (κ3) is 3.69. The average molecular weight is 382 g/mol. The van der Waals surface area contributed by atoms with E-state index in [2.05, 4.69) is 11.1 Å². The molecule has 0 aliphatic rings. The Morgan fingerprint density at radius 1 is 1.10 bits per heavy atom. The fourth-order valence-corrected chi connectivity index (χ4v) is 3.44. The lowest BCUT2D eigenvalue weighted by atomic mass is 9.94. The zero-order valence-electron chi connectivity index (χ0n) is 16.3. The number of pyridine rings is 2. The number of aromatic nitrogens is 2. The molecular weight excluding hydrogens is 363 g/mol. The lowest BCUT2D eigenvalue weighted by Crippen LogP contribution is -2.20. The molecule has 0 radical (unpaired) electrons. The Morgan fingerprint density at radius 2 is 1.93 bits per heavy atom. The van der Waals surface area contributed by atoms with Gasteiger partial charge in [0.25, 0.3) is 0 Å². The first-order valence-corrected chi connectivity index (χ1v) is 9.29. The number of nitrogens with zero attached hydrogens (tertiary/aromatic N) is 2. The van der Waals surface area contributed by atoms with E-state index in [1.165, 1.54) is 13.3 Å². The van der Waals surface area contributed by atoms with E-state index < -0.39 is 0 Å². The van der Waals surface area contributed by atoms with Gasteiger partial charge in [-0.05, 0) is 23.8 Å². The second-order valence-corrected chi connectivity index (χ2v) is 6.92. The van der Waals surface area contributed by atoms with Gasteiger partial charge in [0.2, 0.25) is 11.3 Å². The number of hydrogen-bond acceptors (Lipinski definition) is 4. The van der Waals surface area contributed by atoms with Crippen LogP contribution in [0.25, 0.3) is 10.9 Å². The maximum Gasteiger partial charge on any atom is 0.212 e. The number of para-hydroxylation sites is 1. The zero-order chi connectivity index (χ0) is 20.4. The van der Waals surface area contributed by atoms with E-state index in [1.807, 2.05) is 48.8 Å². The van der Waals surface area contributed by atoms with Gasteiger partial charge in [-0.1, -0.05) is 41.9 Å². The minimum atomic E-state index is -0.353. The molecule has 2 heterocycles. The predicted octanol–water partition coefficient (Wildman–Crippen LogP) is 1.94. The van der Waals surface area contributed by atoms with Crippen LogP contribution in [0.3, 0.4) is 0 Å². The molecule has 2 aromatic carbocycles. The van der Waals surface area contributed by atoms with E-state index in [0.29, 0.717) is 23.4 Å². The number of carbonyl (C=O) groups excluding carboxylic acids is 1. The maximum absolute atomic E-state index is 13.1. The summed E-state index contributed by atoms with van der Waals surface area (Å²) in [5.74, 6) is 0.0609. The molecule has 142 valence electrons. The van der Waals surface area contributed by atoms with Gasteiger partial charge in [-0.2, -0.15) is 0 Å². The SMILES string of the molecule is Bc1cccc(Cn2cc(C(=O)c3ccc(OC)nc3)c(=O)c3ccccc32)c1. The van der Waals surface area contributed by atoms with Crippen LogP contribution < -0.4 is 15.6 Å². The quantitative estimate of drug-likeness (QED) is 0.391. The molecule has 29 heavy (non-hydrogen) atoms. The van der Waals surface area contributed by atoms with Gasteiger partial charge in [0.1, 0.15) is 7.85 Å². The molecule has 0 atom stereocenters. The van der Waals surface area contributed by atoms with Crippen LogP contribution in [0.2, 0.25) is 0 Å². The van der Waals surface area contributed by atoms with Gasteiger partial charge in [0, 0.05) is 36.0 Å². The molecule has 5 nitrogen and oxygen atoms in total. The molecule has 2 aromatic heterocycles. The highest BCUT2D eigenvalue weighted by molar-refractivity contribution is 6.32. The fraction of sp³-hybridized carbons (Fsp3) is 0.0870. The minimum Gasteiger partial charge on any atom is -0.481 e. The van der Waals surface area contributed by atoms with Crippen molar-refractivity contribution in [3.8, 4) is 5.88 Å². The minimum absolute atomic E-state index is 0.128. The predicted molar refractivity (Wildman–Crippen MR) is 116 cm³/mol. The van der Waals surface area contributed by atoms with Gasteiger partial charge in [-0.3, -0.25) is 9.59 Å². The number of carbonyl (C=O) groups is 1. The van der Waals surface area contributed by atoms with E-state index in [-0.39, 0.29) is 16.8 Å². The Morgan fingerprint density at radius 3 is 2.66 bits per heavy atom. The van der Waals surface area contributed by atoms with Crippen LogP contribution in [-0.4, -0.2) is 30.3 Å². The maximum atomic E-state index is 13.1. The van der Waals surface area contributed by atoms with Crippen molar-refractivity contribution in [1.29, 1.82) is 0 Å². The van der Waals surface area contributed by atoms with Gasteiger partial charge in [0.05, 0.1) is 18.2 Å². The topological polar surface area (TPSA) is 61.2 Å². The number of fused-ring (bicyclic) bond motifs is 1. The summed E-state index contributed by atoms with van der Waals surface area (Å²) < 4.78 is 7.00. The Bertz CT molecular complexity index is 1260. The number of rotatable bonds is 5. The Kier molecular flexibility index (Phi) is 5.00. The molecule has 6 heteroatoms. The Balaban J connectivity index is 1.84. The van der Waals surface area contributed by atoms with E-state index >= 15 is 0 Å². The lowest BCUT2D eigenvalue weighted by molar-refractivity contribution is 0.103. The molecule has 4 aromatic rings. The number of hydrogen-bond donors (Lipinski definition) is 0. The van der Waals surface area contributed by atoms with E-state index in [9.17, 15) is 9.59 Å². The summed E-state index contributed by atoms with van der Waals surface area (Å²) in [5.41, 5.74) is 3.26. The lowest BCUT2D eigenvalue weighted by Gasteiger charge is -2.14. The third-order valence-corrected chi connectivity index (χ3v) is 4.88. The molecule has 0 N–H and O–H groups in total. The van der Waals surface area contributed by atoms with Gasteiger partial charge in [-0.15, -0.1) is 0 Å². The van der Waals surface area contributed by atoms with Crippen molar-refractivity contribution in [1.82, 2.24) is 9.55 Å². The molecule has 0 fully saturated rings. The second kappa shape index (κ2) is 7.76. The van der Waals surface area contributed by atoms with Gasteiger partial charge in [0.15, 0.2) is 5.78 Å². The smallest absolute Gasteiger partial charge is 0.212 e. The van der Waals surface area contributed by atoms with Crippen LogP contribution in [0.15, 0.2) is 77.9 Å². The first-order valence-electron chi connectivity index (χ1n) is 9.29. The number of ether oxygens (including phenoxy) is 1. The summed E-state index contributed by atoms with van der Waals surface area (Å²) in [6.45, 7) is 0.559. The van der Waals surface area contributed by atoms with Crippen molar-refractivity contribution >= 4 is 30.0 Å². The molecule has 0 spiro atoms. The third-order valence-electron chi connectivity index (χ3n) is 4.88. The van der Waals surface area contributed by atoms with Crippen molar-refractivity contribution in [2.75, 3.05) is 7.11 Å². The van der Waals surface area contributed by atoms with Crippen LogP contribution in [0.4, 0.5) is 0 Å². The van der Waals surface area contributed by atoms with Crippen LogP contribution in [0.1, 0.15) is 21.5 Å². The highest BCUT2D eigenvalue weighted by Gasteiger charge is 2.17. The molecule has 0 aliphatic carbocycles. The summed E-state index contributed by atoms with van der Waals surface area (Å²) in [6, 6.07) is 18.8. The number of ketones is 1. The van der Waals surface area contributed by atoms with Crippen molar-refractivity contribution in [3.05, 3.63) is 100.0 Å². The van der Waals surface area contributed by atoms with Crippen LogP contribution in [0.5, 0.6) is 5.88 Å². The van der Waals surface area contributed by atoms with Crippen LogP contribution in [-0.2, 0) is 6.54 Å². The van der Waals surface area contributed by atoms with Crippen LogP contribution >= 0.6 is 0 Å². The van der Waals surface area contributed by atoms with Crippen molar-refractivity contribution in [3.63, 3.8) is 0 Å². The largest absolute Gasteiger partial charge is 0.481 e. The first-order chi connectivity index (χ1) is 14.1. The van der Waals surface area contributed by atoms with Crippen molar-refractivity contribution in [2.24, 2.45) is 0 Å². The first kappa shape index (κ1) is 18.7. The van der Waals surface area contributed by atoms with Gasteiger partial charge in [-0.25, -0.2) is 4.98 Å². The van der Waals surface area contributed by atoms with Gasteiger partial charge < -0.3 is 9.30 Å². The summed E-state index contributed by atoms with van der Waals surface area (Å²) in [5, 5.41) is 0.521. The van der Waals surface area contributed by atoms with Crippen molar-refractivity contribution in [2.45, 2.75) is 6.54 Å². The summed E-state index contributed by atoms with van der Waals surface area (Å²) in [6.07, 6.45) is 3.08. The molecule has 0 aliphatic heterocycles. The molecule has 0 saturated heterocycles. The van der Waals surface area contributed by atoms with E-state index in [1.54, 1.807) is 24.4 Å². The summed E-state index contributed by atoms with van der Waals surface area (Å²) in [7, 11) is 3.55. The number of methoxy groups -OCH3 is 1. The second-order valence-electron chi connectivity index (χ2n) is 6.92. The monoisotopic (exact) mass is 382 g/mol. The molecule has 0 unspecified atom stereocenters. The highest BCUT2D eigenvalue weighted by atomic mass is 16.5. The number of benzene rings is 2. The normalized spacial score (nSPS) is 10.8. The average Bonchev–Trinajstić information content (AvgIpc) is 2.75. The van der Waals surface area contributed by atoms with E-state index in [4.69, 9.17) is 4.74 Å².